The molecule has 0 radical (unpaired) electrons. The molecule has 8 nitrogen and oxygen atoms in total. The van der Waals surface area contributed by atoms with Crippen molar-refractivity contribution in [3.05, 3.63) is 89.4 Å². The molecule has 0 aliphatic carbocycles. The number of nitrogens with one attached hydrogen (secondary N) is 1. The van der Waals surface area contributed by atoms with Gasteiger partial charge in [-0.2, -0.15) is 0 Å². The smallest absolute Gasteiger partial charge is 0.264 e. The maximum absolute atomic E-state index is 14.1. The van der Waals surface area contributed by atoms with E-state index in [9.17, 15) is 18.0 Å². The zero-order valence-electron chi connectivity index (χ0n) is 23.2. The summed E-state index contributed by atoms with van der Waals surface area (Å²) in [5, 5.41) is 3.41. The number of para-hydroxylation sites is 1. The Bertz CT molecular complexity index is 1380. The number of nitrogens with zero attached hydrogens (tertiary/aromatic N) is 2. The minimum atomic E-state index is -4.16. The van der Waals surface area contributed by atoms with Gasteiger partial charge in [-0.05, 0) is 67.8 Å². The number of rotatable bonds is 13. The van der Waals surface area contributed by atoms with Crippen LogP contribution in [0.15, 0.2) is 83.8 Å². The number of amides is 2. The second-order valence-corrected chi connectivity index (χ2v) is 11.6. The van der Waals surface area contributed by atoms with Gasteiger partial charge in [0, 0.05) is 17.6 Å². The summed E-state index contributed by atoms with van der Waals surface area (Å²) in [6.07, 6.45) is 1.05. The summed E-state index contributed by atoms with van der Waals surface area (Å²) >= 11 is 6.43. The molecule has 0 spiro atoms. The normalized spacial score (nSPS) is 12.7. The molecule has 3 aromatic carbocycles. The van der Waals surface area contributed by atoms with E-state index in [0.29, 0.717) is 28.4 Å². The lowest BCUT2D eigenvalue weighted by Gasteiger charge is -2.34. The lowest BCUT2D eigenvalue weighted by Crippen LogP contribution is -2.53. The van der Waals surface area contributed by atoms with E-state index in [4.69, 9.17) is 16.3 Å². The molecule has 214 valence electrons. The Morgan fingerprint density at radius 3 is 2.12 bits per heavy atom. The van der Waals surface area contributed by atoms with Crippen LogP contribution in [0.25, 0.3) is 0 Å². The van der Waals surface area contributed by atoms with Crippen LogP contribution in [0.1, 0.15) is 39.2 Å². The van der Waals surface area contributed by atoms with Gasteiger partial charge in [-0.25, -0.2) is 8.42 Å². The minimum absolute atomic E-state index is 0.00385. The van der Waals surface area contributed by atoms with Gasteiger partial charge in [0.2, 0.25) is 11.8 Å². The predicted octanol–water partition coefficient (Wildman–Crippen LogP) is 5.27. The summed E-state index contributed by atoms with van der Waals surface area (Å²) in [7, 11) is -2.67. The number of sulfonamides is 1. The van der Waals surface area contributed by atoms with Crippen LogP contribution in [-0.4, -0.2) is 50.9 Å². The molecule has 10 heteroatoms. The number of anilines is 1. The molecule has 2 amide bonds. The van der Waals surface area contributed by atoms with Crippen molar-refractivity contribution < 1.29 is 22.7 Å². The van der Waals surface area contributed by atoms with Crippen LogP contribution in [0.4, 0.5) is 5.69 Å². The number of methoxy groups -OCH3 is 1. The molecule has 0 heterocycles. The first-order chi connectivity index (χ1) is 19.1. The van der Waals surface area contributed by atoms with Gasteiger partial charge < -0.3 is 15.0 Å². The number of carbonyl (C=O) groups excluding carboxylic acids is 2. The van der Waals surface area contributed by atoms with Crippen molar-refractivity contribution in [1.82, 2.24) is 10.2 Å². The van der Waals surface area contributed by atoms with E-state index in [1.165, 1.54) is 24.1 Å². The molecule has 0 aliphatic heterocycles. The van der Waals surface area contributed by atoms with Crippen LogP contribution in [-0.2, 0) is 26.2 Å². The predicted molar refractivity (Wildman–Crippen MR) is 158 cm³/mol. The quantitative estimate of drug-likeness (QED) is 0.295. The molecule has 2 unspecified atom stereocenters. The van der Waals surface area contributed by atoms with Gasteiger partial charge in [-0.15, -0.1) is 0 Å². The van der Waals surface area contributed by atoms with Crippen molar-refractivity contribution in [3.8, 4) is 5.75 Å². The van der Waals surface area contributed by atoms with Gasteiger partial charge in [0.25, 0.3) is 10.0 Å². The van der Waals surface area contributed by atoms with Gasteiger partial charge in [0.1, 0.15) is 18.3 Å². The van der Waals surface area contributed by atoms with Crippen LogP contribution < -0.4 is 14.4 Å². The topological polar surface area (TPSA) is 96.0 Å². The number of ether oxygens (including phenoxy) is 1. The Morgan fingerprint density at radius 2 is 1.55 bits per heavy atom. The van der Waals surface area contributed by atoms with E-state index in [1.54, 1.807) is 66.7 Å². The first-order valence-corrected chi connectivity index (χ1v) is 15.0. The maximum atomic E-state index is 14.1. The van der Waals surface area contributed by atoms with Gasteiger partial charge in [-0.3, -0.25) is 13.9 Å². The fourth-order valence-corrected chi connectivity index (χ4v) is 5.78. The van der Waals surface area contributed by atoms with Gasteiger partial charge >= 0.3 is 0 Å². The zero-order valence-corrected chi connectivity index (χ0v) is 24.8. The van der Waals surface area contributed by atoms with Crippen molar-refractivity contribution in [2.45, 2.75) is 57.1 Å². The number of hydrogen-bond donors (Lipinski definition) is 1. The third-order valence-electron chi connectivity index (χ3n) is 6.66. The Kier molecular flexibility index (Phi) is 11.0. The highest BCUT2D eigenvalue weighted by Gasteiger charge is 2.34. The molecular weight excluding hydrogens is 550 g/mol. The Hall–Kier alpha value is -3.56. The molecular formula is C30H36ClN3O5S. The third-order valence-corrected chi connectivity index (χ3v) is 8.81. The van der Waals surface area contributed by atoms with Crippen LogP contribution in [0.5, 0.6) is 5.75 Å². The lowest BCUT2D eigenvalue weighted by molar-refractivity contribution is -0.140. The van der Waals surface area contributed by atoms with Crippen molar-refractivity contribution in [1.29, 1.82) is 0 Å². The molecule has 3 rings (SSSR count). The van der Waals surface area contributed by atoms with E-state index in [2.05, 4.69) is 5.32 Å². The molecule has 3 aromatic rings. The highest BCUT2D eigenvalue weighted by atomic mass is 35.5. The van der Waals surface area contributed by atoms with Crippen LogP contribution in [0.3, 0.4) is 0 Å². The summed E-state index contributed by atoms with van der Waals surface area (Å²) in [5.74, 6) is -0.334. The van der Waals surface area contributed by atoms with Gasteiger partial charge in [0.15, 0.2) is 0 Å². The average Bonchev–Trinajstić information content (AvgIpc) is 2.96. The third kappa shape index (κ3) is 7.55. The number of hydrogen-bond acceptors (Lipinski definition) is 5. The Labute approximate surface area is 241 Å². The summed E-state index contributed by atoms with van der Waals surface area (Å²) < 4.78 is 34.0. The maximum Gasteiger partial charge on any atom is 0.264 e. The second kappa shape index (κ2) is 14.2. The van der Waals surface area contributed by atoms with Crippen LogP contribution in [0, 0.1) is 0 Å². The van der Waals surface area contributed by atoms with Gasteiger partial charge in [-0.1, -0.05) is 61.8 Å². The van der Waals surface area contributed by atoms with Crippen molar-refractivity contribution >= 4 is 39.1 Å². The Morgan fingerprint density at radius 1 is 0.925 bits per heavy atom. The fourth-order valence-electron chi connectivity index (χ4n) is 4.17. The first-order valence-electron chi connectivity index (χ1n) is 13.2. The first kappa shape index (κ1) is 31.0. The summed E-state index contributed by atoms with van der Waals surface area (Å²) in [4.78, 5) is 28.8. The number of carbonyl (C=O) groups is 2. The standard InChI is InChI=1S/C30H36ClN3O5S/c1-5-22(3)32-30(36)28(6-2)33(20-23-12-10-11-15-27(23)31)29(35)21-34(24-13-8-7-9-14-24)40(37,38)26-18-16-25(39-4)17-19-26/h7-19,22,28H,5-6,20-21H2,1-4H3,(H,32,36). The average molecular weight is 586 g/mol. The molecule has 0 saturated heterocycles. The fraction of sp³-hybridized carbons (Fsp3) is 0.333. The molecule has 0 saturated carbocycles. The molecule has 0 fully saturated rings. The molecule has 0 bridgehead atoms. The van der Waals surface area contributed by atoms with E-state index < -0.39 is 28.5 Å². The van der Waals surface area contributed by atoms with E-state index in [1.807, 2.05) is 20.8 Å². The van der Waals surface area contributed by atoms with Gasteiger partial charge in [0.05, 0.1) is 17.7 Å². The summed E-state index contributed by atoms with van der Waals surface area (Å²) in [5.41, 5.74) is 0.970. The Balaban J connectivity index is 2.04. The summed E-state index contributed by atoms with van der Waals surface area (Å²) in [6, 6.07) is 20.5. The van der Waals surface area contributed by atoms with Crippen molar-refractivity contribution in [3.63, 3.8) is 0 Å². The number of benzene rings is 3. The minimum Gasteiger partial charge on any atom is -0.497 e. The van der Waals surface area contributed by atoms with Crippen molar-refractivity contribution in [2.75, 3.05) is 18.0 Å². The van der Waals surface area contributed by atoms with E-state index in [0.717, 1.165) is 10.7 Å². The molecule has 2 atom stereocenters. The van der Waals surface area contributed by atoms with E-state index >= 15 is 0 Å². The second-order valence-electron chi connectivity index (χ2n) is 9.38. The lowest BCUT2D eigenvalue weighted by atomic mass is 10.1. The zero-order chi connectivity index (χ0) is 29.3. The highest BCUT2D eigenvalue weighted by Crippen LogP contribution is 2.26. The van der Waals surface area contributed by atoms with Crippen molar-refractivity contribution in [2.24, 2.45) is 0 Å². The SMILES string of the molecule is CCC(C)NC(=O)C(CC)N(Cc1ccccc1Cl)C(=O)CN(c1ccccc1)S(=O)(=O)c1ccc(OC)cc1. The number of halogens is 1. The molecule has 1 N–H and O–H groups in total. The monoisotopic (exact) mass is 585 g/mol. The van der Waals surface area contributed by atoms with Crippen LogP contribution >= 0.6 is 11.6 Å². The molecule has 40 heavy (non-hydrogen) atoms. The highest BCUT2D eigenvalue weighted by molar-refractivity contribution is 7.92. The summed E-state index contributed by atoms with van der Waals surface area (Å²) in [6.45, 7) is 5.19. The molecule has 0 aliphatic rings. The molecule has 0 aromatic heterocycles. The van der Waals surface area contributed by atoms with E-state index in [-0.39, 0.29) is 23.4 Å². The largest absolute Gasteiger partial charge is 0.497 e. The van der Waals surface area contributed by atoms with Crippen LogP contribution in [0.2, 0.25) is 5.02 Å².